The Hall–Kier alpha value is -2.96. The van der Waals surface area contributed by atoms with Gasteiger partial charge in [0.05, 0.1) is 19.9 Å². The van der Waals surface area contributed by atoms with Gasteiger partial charge in [-0.05, 0) is 49.6 Å². The maximum Gasteiger partial charge on any atom is 0.322 e. The van der Waals surface area contributed by atoms with Gasteiger partial charge in [-0.1, -0.05) is 13.0 Å². The number of carbonyl (C=O) groups is 1. The minimum Gasteiger partial charge on any atom is -0.495 e. The highest BCUT2D eigenvalue weighted by Crippen LogP contribution is 2.30. The summed E-state index contributed by atoms with van der Waals surface area (Å²) in [4.78, 5) is 21.4. The van der Waals surface area contributed by atoms with Gasteiger partial charge in [0.1, 0.15) is 11.4 Å². The van der Waals surface area contributed by atoms with Crippen molar-refractivity contribution >= 4 is 17.4 Å². The third-order valence-electron chi connectivity index (χ3n) is 5.34. The average Bonchev–Trinajstić information content (AvgIpc) is 2.74. The lowest BCUT2D eigenvalue weighted by Gasteiger charge is -2.36. The number of amides is 2. The summed E-state index contributed by atoms with van der Waals surface area (Å²) >= 11 is 0. The highest BCUT2D eigenvalue weighted by molar-refractivity contribution is 5.91. The zero-order chi connectivity index (χ0) is 21.0. The molecule has 2 heterocycles. The summed E-state index contributed by atoms with van der Waals surface area (Å²) in [7, 11) is 3.25. The number of carbonyl (C=O) groups excluding carboxylic acids is 1. The largest absolute Gasteiger partial charge is 0.495 e. The SMILES string of the molecule is CCc1cc(NC(=O)N2CCN(c3cc(C)ccc3OC)CC2)c(OC)nc1C. The normalized spacial score (nSPS) is 14.0. The molecule has 0 bridgehead atoms. The number of methoxy groups -OCH3 is 2. The lowest BCUT2D eigenvalue weighted by atomic mass is 10.1. The highest BCUT2D eigenvalue weighted by atomic mass is 16.5. The third-order valence-corrected chi connectivity index (χ3v) is 5.34. The minimum absolute atomic E-state index is 0.133. The standard InChI is InChI=1S/C22H30N4O3/c1-6-17-14-18(21(29-5)23-16(17)3)24-22(27)26-11-9-25(10-12-26)19-13-15(2)7-8-20(19)28-4/h7-8,13-14H,6,9-12H2,1-5H3,(H,24,27). The zero-order valence-electron chi connectivity index (χ0n) is 17.9. The van der Waals surface area contributed by atoms with Gasteiger partial charge in [0.15, 0.2) is 0 Å². The molecule has 1 aromatic heterocycles. The molecule has 7 heteroatoms. The molecule has 0 spiro atoms. The summed E-state index contributed by atoms with van der Waals surface area (Å²) in [6.07, 6.45) is 0.850. The number of rotatable bonds is 5. The van der Waals surface area contributed by atoms with Gasteiger partial charge in [0, 0.05) is 31.9 Å². The van der Waals surface area contributed by atoms with E-state index in [4.69, 9.17) is 9.47 Å². The Balaban J connectivity index is 1.68. The average molecular weight is 399 g/mol. The molecule has 2 aromatic rings. The van der Waals surface area contributed by atoms with Crippen LogP contribution in [0.4, 0.5) is 16.2 Å². The van der Waals surface area contributed by atoms with Crippen molar-refractivity contribution in [2.75, 3.05) is 50.6 Å². The first-order valence-electron chi connectivity index (χ1n) is 9.96. The second-order valence-electron chi connectivity index (χ2n) is 7.22. The lowest BCUT2D eigenvalue weighted by Crippen LogP contribution is -2.50. The van der Waals surface area contributed by atoms with Gasteiger partial charge >= 0.3 is 6.03 Å². The molecule has 0 aliphatic carbocycles. The number of ether oxygens (including phenoxy) is 2. The van der Waals surface area contributed by atoms with Crippen LogP contribution in [-0.2, 0) is 6.42 Å². The fourth-order valence-electron chi connectivity index (χ4n) is 3.62. The van der Waals surface area contributed by atoms with E-state index in [1.54, 1.807) is 14.2 Å². The number of nitrogens with one attached hydrogen (secondary N) is 1. The van der Waals surface area contributed by atoms with Crippen LogP contribution >= 0.6 is 0 Å². The van der Waals surface area contributed by atoms with E-state index in [0.717, 1.165) is 42.2 Å². The summed E-state index contributed by atoms with van der Waals surface area (Å²) in [5.74, 6) is 1.30. The third kappa shape index (κ3) is 4.55. The summed E-state index contributed by atoms with van der Waals surface area (Å²) in [6.45, 7) is 8.84. The summed E-state index contributed by atoms with van der Waals surface area (Å²) in [5, 5.41) is 2.98. The lowest BCUT2D eigenvalue weighted by molar-refractivity contribution is 0.208. The number of pyridine rings is 1. The molecule has 29 heavy (non-hydrogen) atoms. The van der Waals surface area contributed by atoms with Crippen LogP contribution in [-0.4, -0.2) is 56.3 Å². The Labute approximate surface area is 172 Å². The Morgan fingerprint density at radius 3 is 2.45 bits per heavy atom. The summed E-state index contributed by atoms with van der Waals surface area (Å²) < 4.78 is 10.9. The van der Waals surface area contributed by atoms with E-state index in [-0.39, 0.29) is 6.03 Å². The van der Waals surface area contributed by atoms with E-state index >= 15 is 0 Å². The minimum atomic E-state index is -0.133. The number of nitrogens with zero attached hydrogens (tertiary/aromatic N) is 3. The van der Waals surface area contributed by atoms with E-state index in [9.17, 15) is 4.79 Å². The highest BCUT2D eigenvalue weighted by Gasteiger charge is 2.24. The van der Waals surface area contributed by atoms with Gasteiger partial charge in [-0.3, -0.25) is 0 Å². The van der Waals surface area contributed by atoms with Crippen molar-refractivity contribution in [3.05, 3.63) is 41.1 Å². The van der Waals surface area contributed by atoms with Crippen molar-refractivity contribution < 1.29 is 14.3 Å². The molecular weight excluding hydrogens is 368 g/mol. The quantitative estimate of drug-likeness (QED) is 0.833. The second-order valence-corrected chi connectivity index (χ2v) is 7.22. The van der Waals surface area contributed by atoms with Gasteiger partial charge in [0.2, 0.25) is 5.88 Å². The van der Waals surface area contributed by atoms with Crippen LogP contribution in [0.1, 0.15) is 23.7 Å². The monoisotopic (exact) mass is 398 g/mol. The molecule has 1 aromatic carbocycles. The number of hydrogen-bond donors (Lipinski definition) is 1. The topological polar surface area (TPSA) is 66.9 Å². The number of aromatic nitrogens is 1. The Bertz CT molecular complexity index is 877. The Morgan fingerprint density at radius 2 is 1.83 bits per heavy atom. The number of aryl methyl sites for hydroxylation is 3. The van der Waals surface area contributed by atoms with Crippen molar-refractivity contribution in [2.24, 2.45) is 0 Å². The van der Waals surface area contributed by atoms with Crippen molar-refractivity contribution in [3.63, 3.8) is 0 Å². The second kappa shape index (κ2) is 9.03. The fraction of sp³-hybridized carbons (Fsp3) is 0.455. The van der Waals surface area contributed by atoms with Crippen LogP contribution in [0.5, 0.6) is 11.6 Å². The summed E-state index contributed by atoms with van der Waals surface area (Å²) in [6, 6.07) is 7.98. The van der Waals surface area contributed by atoms with Crippen molar-refractivity contribution in [1.82, 2.24) is 9.88 Å². The van der Waals surface area contributed by atoms with Gasteiger partial charge in [-0.15, -0.1) is 0 Å². The van der Waals surface area contributed by atoms with Crippen LogP contribution in [0.2, 0.25) is 0 Å². The molecule has 1 saturated heterocycles. The molecule has 3 rings (SSSR count). The van der Waals surface area contributed by atoms with Crippen LogP contribution < -0.4 is 19.7 Å². The molecule has 1 fully saturated rings. The van der Waals surface area contributed by atoms with Gasteiger partial charge in [-0.2, -0.15) is 0 Å². The van der Waals surface area contributed by atoms with Crippen LogP contribution in [0, 0.1) is 13.8 Å². The molecule has 0 saturated carbocycles. The number of piperazine rings is 1. The van der Waals surface area contributed by atoms with Crippen molar-refractivity contribution in [1.29, 1.82) is 0 Å². The Morgan fingerprint density at radius 1 is 1.10 bits per heavy atom. The molecule has 1 N–H and O–H groups in total. The Kier molecular flexibility index (Phi) is 6.46. The predicted octanol–water partition coefficient (Wildman–Crippen LogP) is 3.63. The smallest absolute Gasteiger partial charge is 0.322 e. The van der Waals surface area contributed by atoms with E-state index in [1.165, 1.54) is 5.56 Å². The van der Waals surface area contributed by atoms with Crippen molar-refractivity contribution in [3.8, 4) is 11.6 Å². The first-order chi connectivity index (χ1) is 14.0. The van der Waals surface area contributed by atoms with E-state index in [2.05, 4.69) is 35.1 Å². The van der Waals surface area contributed by atoms with Gasteiger partial charge in [-0.25, -0.2) is 9.78 Å². The zero-order valence-corrected chi connectivity index (χ0v) is 17.9. The van der Waals surface area contributed by atoms with Crippen LogP contribution in [0.25, 0.3) is 0 Å². The molecule has 1 aliphatic rings. The number of benzene rings is 1. The number of hydrogen-bond acceptors (Lipinski definition) is 5. The van der Waals surface area contributed by atoms with Gasteiger partial charge < -0.3 is 24.6 Å². The maximum atomic E-state index is 12.8. The van der Waals surface area contributed by atoms with E-state index < -0.39 is 0 Å². The molecule has 0 atom stereocenters. The molecule has 0 radical (unpaired) electrons. The van der Waals surface area contributed by atoms with E-state index in [0.29, 0.717) is 24.7 Å². The number of urea groups is 1. The van der Waals surface area contributed by atoms with Crippen LogP contribution in [0.3, 0.4) is 0 Å². The predicted molar refractivity (Wildman–Crippen MR) is 115 cm³/mol. The molecule has 7 nitrogen and oxygen atoms in total. The number of anilines is 2. The van der Waals surface area contributed by atoms with E-state index in [1.807, 2.05) is 30.0 Å². The molecular formula is C22H30N4O3. The molecule has 2 amide bonds. The van der Waals surface area contributed by atoms with Crippen LogP contribution in [0.15, 0.2) is 24.3 Å². The van der Waals surface area contributed by atoms with Gasteiger partial charge in [0.25, 0.3) is 0 Å². The first kappa shape index (κ1) is 20.8. The summed E-state index contributed by atoms with van der Waals surface area (Å²) in [5.41, 5.74) is 4.89. The fourth-order valence-corrected chi connectivity index (χ4v) is 3.62. The molecule has 1 aliphatic heterocycles. The van der Waals surface area contributed by atoms with Crippen molar-refractivity contribution in [2.45, 2.75) is 27.2 Å². The maximum absolute atomic E-state index is 12.8. The molecule has 0 unspecified atom stereocenters. The first-order valence-corrected chi connectivity index (χ1v) is 9.96. The molecule has 156 valence electrons.